The second-order valence-corrected chi connectivity index (χ2v) is 6.27. The summed E-state index contributed by atoms with van der Waals surface area (Å²) < 4.78 is 10.7. The van der Waals surface area contributed by atoms with Gasteiger partial charge in [0.1, 0.15) is 5.75 Å². The Labute approximate surface area is 157 Å². The minimum Gasteiger partial charge on any atom is -0.496 e. The lowest BCUT2D eigenvalue weighted by Gasteiger charge is -2.15. The third-order valence-electron chi connectivity index (χ3n) is 4.26. The van der Waals surface area contributed by atoms with Crippen LogP contribution in [0.25, 0.3) is 10.8 Å². The summed E-state index contributed by atoms with van der Waals surface area (Å²) in [6.07, 6.45) is -0.932. The molecular formula is C22H21NO4. The molecule has 0 aromatic heterocycles. The minimum atomic E-state index is -0.932. The number of aryl methyl sites for hydroxylation is 1. The summed E-state index contributed by atoms with van der Waals surface area (Å²) in [5.74, 6) is -0.264. The van der Waals surface area contributed by atoms with E-state index < -0.39 is 12.1 Å². The van der Waals surface area contributed by atoms with Crippen molar-refractivity contribution in [2.24, 2.45) is 0 Å². The van der Waals surface area contributed by atoms with E-state index in [0.717, 1.165) is 10.9 Å². The van der Waals surface area contributed by atoms with Gasteiger partial charge in [-0.1, -0.05) is 36.4 Å². The van der Waals surface area contributed by atoms with Crippen LogP contribution in [0.15, 0.2) is 60.7 Å². The number of hydrogen-bond acceptors (Lipinski definition) is 4. The highest BCUT2D eigenvalue weighted by atomic mass is 16.5. The Balaban J connectivity index is 1.77. The van der Waals surface area contributed by atoms with Crippen LogP contribution in [0.1, 0.15) is 22.8 Å². The first kappa shape index (κ1) is 18.5. The van der Waals surface area contributed by atoms with Gasteiger partial charge in [-0.25, -0.2) is 4.79 Å². The molecule has 0 heterocycles. The monoisotopic (exact) mass is 363 g/mol. The number of esters is 1. The maximum Gasteiger partial charge on any atom is 0.339 e. The highest BCUT2D eigenvalue weighted by Crippen LogP contribution is 2.29. The lowest BCUT2D eigenvalue weighted by Crippen LogP contribution is -2.30. The number of amides is 1. The maximum absolute atomic E-state index is 12.6. The first-order chi connectivity index (χ1) is 13.0. The molecule has 3 rings (SSSR count). The Kier molecular flexibility index (Phi) is 5.41. The Morgan fingerprint density at radius 2 is 1.70 bits per heavy atom. The van der Waals surface area contributed by atoms with Crippen LogP contribution < -0.4 is 10.1 Å². The SMILES string of the molecule is COc1ccc(C(=O)O[C@H](C)C(=O)Nc2cccc(C)c2)c2ccccc12. The number of nitrogens with one attached hydrogen (secondary N) is 1. The Morgan fingerprint density at radius 3 is 2.41 bits per heavy atom. The molecule has 0 aliphatic carbocycles. The Bertz CT molecular complexity index is 997. The van der Waals surface area contributed by atoms with Crippen molar-refractivity contribution < 1.29 is 19.1 Å². The fourth-order valence-corrected chi connectivity index (χ4v) is 2.87. The van der Waals surface area contributed by atoms with E-state index in [1.54, 1.807) is 32.2 Å². The van der Waals surface area contributed by atoms with Gasteiger partial charge in [0.25, 0.3) is 5.91 Å². The van der Waals surface area contributed by atoms with Crippen LogP contribution in [0.3, 0.4) is 0 Å². The first-order valence-electron chi connectivity index (χ1n) is 8.64. The second-order valence-electron chi connectivity index (χ2n) is 6.27. The Morgan fingerprint density at radius 1 is 0.963 bits per heavy atom. The molecule has 3 aromatic rings. The van der Waals surface area contributed by atoms with Gasteiger partial charge in [0, 0.05) is 11.1 Å². The van der Waals surface area contributed by atoms with Crippen molar-refractivity contribution in [1.82, 2.24) is 0 Å². The number of fused-ring (bicyclic) bond motifs is 1. The molecule has 0 saturated carbocycles. The molecule has 5 heteroatoms. The van der Waals surface area contributed by atoms with Gasteiger partial charge < -0.3 is 14.8 Å². The molecule has 0 saturated heterocycles. The maximum atomic E-state index is 12.6. The molecule has 0 spiro atoms. The third kappa shape index (κ3) is 4.08. The van der Waals surface area contributed by atoms with E-state index in [4.69, 9.17) is 9.47 Å². The fraction of sp³-hybridized carbons (Fsp3) is 0.182. The van der Waals surface area contributed by atoms with E-state index in [1.807, 2.05) is 49.4 Å². The average molecular weight is 363 g/mol. The average Bonchev–Trinajstić information content (AvgIpc) is 2.67. The zero-order valence-electron chi connectivity index (χ0n) is 15.5. The molecular weight excluding hydrogens is 342 g/mol. The van der Waals surface area contributed by atoms with Crippen LogP contribution in [-0.2, 0) is 9.53 Å². The second kappa shape index (κ2) is 7.91. The smallest absolute Gasteiger partial charge is 0.339 e. The van der Waals surface area contributed by atoms with E-state index in [1.165, 1.54) is 0 Å². The predicted molar refractivity (Wildman–Crippen MR) is 105 cm³/mol. The van der Waals surface area contributed by atoms with Crippen molar-refractivity contribution in [3.05, 3.63) is 71.8 Å². The van der Waals surface area contributed by atoms with Gasteiger partial charge in [-0.15, -0.1) is 0 Å². The van der Waals surface area contributed by atoms with Crippen molar-refractivity contribution in [2.45, 2.75) is 20.0 Å². The van der Waals surface area contributed by atoms with Crippen LogP contribution >= 0.6 is 0 Å². The topological polar surface area (TPSA) is 64.6 Å². The number of rotatable bonds is 5. The van der Waals surface area contributed by atoms with Crippen LogP contribution in [0, 0.1) is 6.92 Å². The third-order valence-corrected chi connectivity index (χ3v) is 4.26. The quantitative estimate of drug-likeness (QED) is 0.685. The van der Waals surface area contributed by atoms with Gasteiger partial charge >= 0.3 is 5.97 Å². The summed E-state index contributed by atoms with van der Waals surface area (Å²) in [4.78, 5) is 25.0. The normalized spacial score (nSPS) is 11.7. The summed E-state index contributed by atoms with van der Waals surface area (Å²) in [5, 5.41) is 4.29. The van der Waals surface area contributed by atoms with Crippen molar-refractivity contribution in [1.29, 1.82) is 0 Å². The number of carbonyl (C=O) groups excluding carboxylic acids is 2. The molecule has 1 N–H and O–H groups in total. The summed E-state index contributed by atoms with van der Waals surface area (Å²) in [6, 6.07) is 18.2. The summed E-state index contributed by atoms with van der Waals surface area (Å²) in [7, 11) is 1.58. The molecule has 27 heavy (non-hydrogen) atoms. The number of anilines is 1. The lowest BCUT2D eigenvalue weighted by atomic mass is 10.0. The van der Waals surface area contributed by atoms with E-state index in [2.05, 4.69) is 5.32 Å². The molecule has 0 aliphatic heterocycles. The number of methoxy groups -OCH3 is 1. The highest BCUT2D eigenvalue weighted by molar-refractivity contribution is 6.07. The zero-order chi connectivity index (χ0) is 19.4. The van der Waals surface area contributed by atoms with Gasteiger partial charge in [0.15, 0.2) is 6.10 Å². The van der Waals surface area contributed by atoms with E-state index in [0.29, 0.717) is 22.4 Å². The standard InChI is InChI=1S/C22H21NO4/c1-14-7-6-8-16(13-14)23-21(24)15(2)27-22(25)19-11-12-20(26-3)18-10-5-4-9-17(18)19/h4-13,15H,1-3H3,(H,23,24)/t15-/m1/s1. The molecule has 0 aliphatic rings. The molecule has 1 amide bonds. The predicted octanol–water partition coefficient (Wildman–Crippen LogP) is 4.34. The summed E-state index contributed by atoms with van der Waals surface area (Å²) >= 11 is 0. The molecule has 3 aromatic carbocycles. The molecule has 0 fully saturated rings. The molecule has 138 valence electrons. The zero-order valence-corrected chi connectivity index (χ0v) is 15.5. The largest absolute Gasteiger partial charge is 0.496 e. The van der Waals surface area contributed by atoms with Crippen molar-refractivity contribution >= 4 is 28.3 Å². The highest BCUT2D eigenvalue weighted by Gasteiger charge is 2.21. The molecule has 0 unspecified atom stereocenters. The van der Waals surface area contributed by atoms with Crippen molar-refractivity contribution in [3.63, 3.8) is 0 Å². The first-order valence-corrected chi connectivity index (χ1v) is 8.64. The van der Waals surface area contributed by atoms with Gasteiger partial charge in [-0.2, -0.15) is 0 Å². The van der Waals surface area contributed by atoms with Crippen LogP contribution in [-0.4, -0.2) is 25.1 Å². The van der Waals surface area contributed by atoms with Crippen LogP contribution in [0.4, 0.5) is 5.69 Å². The fourth-order valence-electron chi connectivity index (χ4n) is 2.87. The van der Waals surface area contributed by atoms with Gasteiger partial charge in [-0.05, 0) is 49.1 Å². The molecule has 1 atom stereocenters. The van der Waals surface area contributed by atoms with E-state index >= 15 is 0 Å². The summed E-state index contributed by atoms with van der Waals surface area (Å²) in [6.45, 7) is 3.49. The van der Waals surface area contributed by atoms with Crippen molar-refractivity contribution in [2.75, 3.05) is 12.4 Å². The van der Waals surface area contributed by atoms with Crippen LogP contribution in [0.2, 0.25) is 0 Å². The minimum absolute atomic E-state index is 0.383. The van der Waals surface area contributed by atoms with Crippen molar-refractivity contribution in [3.8, 4) is 5.75 Å². The number of hydrogen-bond donors (Lipinski definition) is 1. The molecule has 0 bridgehead atoms. The van der Waals surface area contributed by atoms with Gasteiger partial charge in [-0.3, -0.25) is 4.79 Å². The molecule has 0 radical (unpaired) electrons. The number of ether oxygens (including phenoxy) is 2. The molecule has 5 nitrogen and oxygen atoms in total. The van der Waals surface area contributed by atoms with Gasteiger partial charge in [0.2, 0.25) is 0 Å². The van der Waals surface area contributed by atoms with E-state index in [9.17, 15) is 9.59 Å². The number of carbonyl (C=O) groups is 2. The van der Waals surface area contributed by atoms with Crippen LogP contribution in [0.5, 0.6) is 5.75 Å². The lowest BCUT2D eigenvalue weighted by molar-refractivity contribution is -0.123. The number of benzene rings is 3. The van der Waals surface area contributed by atoms with E-state index in [-0.39, 0.29) is 5.91 Å². The van der Waals surface area contributed by atoms with Gasteiger partial charge in [0.05, 0.1) is 12.7 Å². The Hall–Kier alpha value is -3.34. The summed E-state index contributed by atoms with van der Waals surface area (Å²) in [5.41, 5.74) is 2.08.